The number of hydrogen-bond acceptors (Lipinski definition) is 5. The number of aromatic nitrogens is 3. The molecular weight excluding hydrogens is 283 g/mol. The summed E-state index contributed by atoms with van der Waals surface area (Å²) in [5.74, 6) is 0. The van der Waals surface area contributed by atoms with E-state index in [0.29, 0.717) is 18.3 Å². The molecule has 1 aliphatic rings. The second kappa shape index (κ2) is 4.95. The predicted octanol–water partition coefficient (Wildman–Crippen LogP) is 1.18. The van der Waals surface area contributed by atoms with Crippen LogP contribution in [-0.4, -0.2) is 29.5 Å². The van der Waals surface area contributed by atoms with Crippen molar-refractivity contribution in [2.45, 2.75) is 30.3 Å². The molecule has 1 aliphatic carbocycles. The second-order valence-corrected chi connectivity index (χ2v) is 6.09. The lowest BCUT2D eigenvalue weighted by Crippen LogP contribution is -2.15. The van der Waals surface area contributed by atoms with E-state index in [2.05, 4.69) is 15.6 Å². The van der Waals surface area contributed by atoms with Crippen molar-refractivity contribution in [3.05, 3.63) is 36.2 Å². The van der Waals surface area contributed by atoms with Gasteiger partial charge in [-0.2, -0.15) is 8.42 Å². The molecule has 6 nitrogen and oxygen atoms in total. The van der Waals surface area contributed by atoms with E-state index < -0.39 is 10.2 Å². The van der Waals surface area contributed by atoms with Gasteiger partial charge in [-0.1, -0.05) is 5.21 Å². The van der Waals surface area contributed by atoms with E-state index in [0.717, 1.165) is 5.69 Å². The van der Waals surface area contributed by atoms with Gasteiger partial charge in [-0.25, -0.2) is 4.68 Å². The van der Waals surface area contributed by atoms with Crippen LogP contribution in [0.4, 0.5) is 3.89 Å². The first-order valence-electron chi connectivity index (χ1n) is 6.22. The van der Waals surface area contributed by atoms with Crippen molar-refractivity contribution >= 4 is 10.2 Å². The molecule has 0 bridgehead atoms. The van der Waals surface area contributed by atoms with Crippen LogP contribution in [0.3, 0.4) is 0 Å². The summed E-state index contributed by atoms with van der Waals surface area (Å²) in [4.78, 5) is -0.364. The van der Waals surface area contributed by atoms with Crippen molar-refractivity contribution in [1.29, 1.82) is 0 Å². The van der Waals surface area contributed by atoms with Gasteiger partial charge in [0.15, 0.2) is 0 Å². The highest BCUT2D eigenvalue weighted by Gasteiger charge is 2.20. The summed E-state index contributed by atoms with van der Waals surface area (Å²) in [5.41, 5.74) is 1.43. The van der Waals surface area contributed by atoms with Crippen LogP contribution in [0.1, 0.15) is 18.5 Å². The maximum absolute atomic E-state index is 12.8. The van der Waals surface area contributed by atoms with Crippen LogP contribution in [0.5, 0.6) is 0 Å². The van der Waals surface area contributed by atoms with Crippen LogP contribution in [0.25, 0.3) is 5.69 Å². The third kappa shape index (κ3) is 3.02. The van der Waals surface area contributed by atoms with E-state index >= 15 is 0 Å². The van der Waals surface area contributed by atoms with Crippen molar-refractivity contribution in [3.63, 3.8) is 0 Å². The molecule has 0 amide bonds. The maximum atomic E-state index is 12.8. The molecule has 1 N–H and O–H groups in total. The fourth-order valence-corrected chi connectivity index (χ4v) is 2.26. The van der Waals surface area contributed by atoms with E-state index in [1.54, 1.807) is 6.20 Å². The fraction of sp³-hybridized carbons (Fsp3) is 0.333. The summed E-state index contributed by atoms with van der Waals surface area (Å²) in [6.07, 6.45) is 4.16. The Balaban J connectivity index is 1.75. The van der Waals surface area contributed by atoms with Crippen molar-refractivity contribution in [2.75, 3.05) is 0 Å². The molecule has 0 spiro atoms. The molecule has 20 heavy (non-hydrogen) atoms. The fourth-order valence-electron chi connectivity index (χ4n) is 1.80. The molecule has 8 heteroatoms. The van der Waals surface area contributed by atoms with E-state index in [4.69, 9.17) is 0 Å². The molecule has 0 unspecified atom stereocenters. The molecule has 1 fully saturated rings. The van der Waals surface area contributed by atoms with Crippen LogP contribution < -0.4 is 5.32 Å². The van der Waals surface area contributed by atoms with Gasteiger partial charge in [0.05, 0.1) is 22.5 Å². The molecule has 3 rings (SSSR count). The first-order chi connectivity index (χ1) is 9.52. The third-order valence-corrected chi connectivity index (χ3v) is 3.91. The molecule has 0 aliphatic heterocycles. The minimum Gasteiger partial charge on any atom is -0.308 e. The van der Waals surface area contributed by atoms with Crippen molar-refractivity contribution < 1.29 is 12.3 Å². The molecule has 1 aromatic carbocycles. The Bertz CT molecular complexity index is 707. The number of halogens is 1. The van der Waals surface area contributed by atoms with E-state index in [-0.39, 0.29) is 4.90 Å². The van der Waals surface area contributed by atoms with E-state index in [1.807, 2.05) is 0 Å². The van der Waals surface area contributed by atoms with Crippen LogP contribution in [-0.2, 0) is 16.8 Å². The zero-order valence-corrected chi connectivity index (χ0v) is 11.3. The van der Waals surface area contributed by atoms with Crippen LogP contribution in [0, 0.1) is 0 Å². The first kappa shape index (κ1) is 13.2. The standard InChI is InChI=1S/C12H13FN4O2S/c13-20(18,19)12-5-3-11(4-6-12)17-8-10(15-16-17)7-14-9-1-2-9/h3-6,8-9,14H,1-2,7H2. The Labute approximate surface area is 115 Å². The molecule has 1 aromatic heterocycles. The normalized spacial score (nSPS) is 15.4. The smallest absolute Gasteiger partial charge is 0.308 e. The Morgan fingerprint density at radius 1 is 1.30 bits per heavy atom. The summed E-state index contributed by atoms with van der Waals surface area (Å²) < 4.78 is 35.8. The monoisotopic (exact) mass is 296 g/mol. The summed E-state index contributed by atoms with van der Waals surface area (Å²) in [7, 11) is -4.66. The number of benzene rings is 1. The highest BCUT2D eigenvalue weighted by atomic mass is 32.3. The van der Waals surface area contributed by atoms with E-state index in [9.17, 15) is 12.3 Å². The van der Waals surface area contributed by atoms with Gasteiger partial charge >= 0.3 is 10.2 Å². The first-order valence-corrected chi connectivity index (χ1v) is 7.60. The van der Waals surface area contributed by atoms with Gasteiger partial charge in [0.1, 0.15) is 0 Å². The Morgan fingerprint density at radius 2 is 2.00 bits per heavy atom. The maximum Gasteiger partial charge on any atom is 0.332 e. The molecule has 0 radical (unpaired) electrons. The minimum atomic E-state index is -4.66. The summed E-state index contributed by atoms with van der Waals surface area (Å²) in [6, 6.07) is 5.97. The van der Waals surface area contributed by atoms with Gasteiger partial charge in [0.25, 0.3) is 0 Å². The summed E-state index contributed by atoms with van der Waals surface area (Å²) in [6.45, 7) is 0.654. The zero-order valence-electron chi connectivity index (χ0n) is 10.5. The number of nitrogens with one attached hydrogen (secondary N) is 1. The average molecular weight is 296 g/mol. The van der Waals surface area contributed by atoms with Gasteiger partial charge in [0.2, 0.25) is 0 Å². The average Bonchev–Trinajstić information content (AvgIpc) is 3.13. The molecule has 0 saturated heterocycles. The second-order valence-electron chi connectivity index (χ2n) is 4.74. The molecule has 106 valence electrons. The number of rotatable bonds is 5. The van der Waals surface area contributed by atoms with Crippen molar-refractivity contribution in [1.82, 2.24) is 20.3 Å². The highest BCUT2D eigenvalue weighted by Crippen LogP contribution is 2.19. The topological polar surface area (TPSA) is 76.9 Å². The lowest BCUT2D eigenvalue weighted by atomic mass is 10.3. The SMILES string of the molecule is O=S(=O)(F)c1ccc(-n2cc(CNC3CC3)nn2)cc1. The number of nitrogens with zero attached hydrogens (tertiary/aromatic N) is 3. The molecule has 1 saturated carbocycles. The quantitative estimate of drug-likeness (QED) is 0.838. The van der Waals surface area contributed by atoms with Gasteiger partial charge in [-0.05, 0) is 37.1 Å². The van der Waals surface area contributed by atoms with Crippen LogP contribution >= 0.6 is 0 Å². The Hall–Kier alpha value is -1.80. The Morgan fingerprint density at radius 3 is 2.60 bits per heavy atom. The molecule has 2 aromatic rings. The highest BCUT2D eigenvalue weighted by molar-refractivity contribution is 7.86. The minimum absolute atomic E-state index is 0.364. The summed E-state index contributed by atoms with van der Waals surface area (Å²) in [5, 5.41) is 11.3. The Kier molecular flexibility index (Phi) is 3.27. The molecule has 0 atom stereocenters. The van der Waals surface area contributed by atoms with Gasteiger partial charge in [-0.15, -0.1) is 8.98 Å². The largest absolute Gasteiger partial charge is 0.332 e. The van der Waals surface area contributed by atoms with Gasteiger partial charge in [-0.3, -0.25) is 0 Å². The van der Waals surface area contributed by atoms with E-state index in [1.165, 1.54) is 41.8 Å². The third-order valence-electron chi connectivity index (χ3n) is 3.07. The predicted molar refractivity (Wildman–Crippen MR) is 69.5 cm³/mol. The zero-order chi connectivity index (χ0) is 14.2. The van der Waals surface area contributed by atoms with Crippen LogP contribution in [0.2, 0.25) is 0 Å². The molecular formula is C12H13FN4O2S. The lowest BCUT2D eigenvalue weighted by Gasteiger charge is -2.00. The molecule has 1 heterocycles. The lowest BCUT2D eigenvalue weighted by molar-refractivity contribution is 0.552. The van der Waals surface area contributed by atoms with Gasteiger partial charge < -0.3 is 5.32 Å². The van der Waals surface area contributed by atoms with Crippen molar-refractivity contribution in [2.24, 2.45) is 0 Å². The number of hydrogen-bond donors (Lipinski definition) is 1. The van der Waals surface area contributed by atoms with Gasteiger partial charge in [0, 0.05) is 12.6 Å². The summed E-state index contributed by atoms with van der Waals surface area (Å²) >= 11 is 0. The van der Waals surface area contributed by atoms with Crippen molar-refractivity contribution in [3.8, 4) is 5.69 Å². The van der Waals surface area contributed by atoms with Crippen LogP contribution in [0.15, 0.2) is 35.4 Å².